The minimum Gasteiger partial charge on any atom is -0.457 e. The van der Waals surface area contributed by atoms with E-state index in [1.807, 2.05) is 36.4 Å². The van der Waals surface area contributed by atoms with Gasteiger partial charge in [-0.15, -0.1) is 0 Å². The fourth-order valence-electron chi connectivity index (χ4n) is 4.91. The zero-order chi connectivity index (χ0) is 29.0. The highest BCUT2D eigenvalue weighted by Crippen LogP contribution is 2.50. The molecule has 0 bridgehead atoms. The van der Waals surface area contributed by atoms with Crippen LogP contribution in [-0.2, 0) is 5.41 Å². The van der Waals surface area contributed by atoms with Gasteiger partial charge in [-0.25, -0.2) is 20.2 Å². The van der Waals surface area contributed by atoms with Gasteiger partial charge in [-0.3, -0.25) is 0 Å². The molecule has 4 aromatic rings. The van der Waals surface area contributed by atoms with E-state index in [-0.39, 0.29) is 16.8 Å². The summed E-state index contributed by atoms with van der Waals surface area (Å²) in [7, 11) is 0. The SMILES string of the molecule is [C-]#[N+]/C(C#N)=C\C=C\c1ccc(-c2ccc3c(c2)C(C)(C)c2cc(-c4ccc(/C=C/C=C(\C#N)[N+]#[C-])o4)ccc2-3)o1. The fourth-order valence-corrected chi connectivity index (χ4v) is 4.91. The Bertz CT molecular complexity index is 1790. The first-order chi connectivity index (χ1) is 19.9. The molecule has 0 atom stereocenters. The number of rotatable bonds is 6. The summed E-state index contributed by atoms with van der Waals surface area (Å²) in [6.45, 7) is 18.3. The van der Waals surface area contributed by atoms with Crippen LogP contribution in [0.1, 0.15) is 36.5 Å². The lowest BCUT2D eigenvalue weighted by atomic mass is 9.81. The third-order valence-electron chi connectivity index (χ3n) is 7.00. The van der Waals surface area contributed by atoms with Crippen molar-refractivity contribution in [2.75, 3.05) is 0 Å². The highest BCUT2D eigenvalue weighted by molar-refractivity contribution is 5.85. The van der Waals surface area contributed by atoms with Crippen molar-refractivity contribution < 1.29 is 8.83 Å². The van der Waals surface area contributed by atoms with Crippen LogP contribution in [0.5, 0.6) is 0 Å². The Morgan fingerprint density at radius 2 is 1.15 bits per heavy atom. The Balaban J connectivity index is 1.41. The molecule has 6 heteroatoms. The first kappa shape index (κ1) is 26.5. The second-order valence-electron chi connectivity index (χ2n) is 9.82. The van der Waals surface area contributed by atoms with E-state index in [4.69, 9.17) is 32.5 Å². The van der Waals surface area contributed by atoms with Crippen molar-refractivity contribution in [2.24, 2.45) is 0 Å². The molecular weight excluding hydrogens is 508 g/mol. The maximum Gasteiger partial charge on any atom is 0.261 e. The van der Waals surface area contributed by atoms with Gasteiger partial charge in [0, 0.05) is 16.5 Å². The highest BCUT2D eigenvalue weighted by atomic mass is 16.3. The molecule has 0 spiro atoms. The second kappa shape index (κ2) is 11.0. The summed E-state index contributed by atoms with van der Waals surface area (Å²) in [4.78, 5) is 6.28. The third kappa shape index (κ3) is 5.15. The van der Waals surface area contributed by atoms with Crippen LogP contribution < -0.4 is 0 Å². The maximum absolute atomic E-state index is 8.88. The molecule has 0 aliphatic heterocycles. The second-order valence-corrected chi connectivity index (χ2v) is 9.82. The van der Waals surface area contributed by atoms with Gasteiger partial charge in [0.15, 0.2) is 0 Å². The molecule has 0 saturated heterocycles. The molecule has 1 aliphatic carbocycles. The number of furan rings is 2. The summed E-state index contributed by atoms with van der Waals surface area (Å²) < 4.78 is 12.1. The molecular formula is C35H22N4O2. The minimum absolute atomic E-state index is 0.0152. The molecule has 194 valence electrons. The van der Waals surface area contributed by atoms with Crippen molar-refractivity contribution in [1.82, 2.24) is 0 Å². The topological polar surface area (TPSA) is 82.6 Å². The zero-order valence-corrected chi connectivity index (χ0v) is 22.3. The lowest BCUT2D eigenvalue weighted by Crippen LogP contribution is -2.15. The molecule has 2 aromatic heterocycles. The molecule has 2 heterocycles. The molecule has 41 heavy (non-hydrogen) atoms. The van der Waals surface area contributed by atoms with E-state index in [1.165, 1.54) is 34.4 Å². The monoisotopic (exact) mass is 530 g/mol. The third-order valence-corrected chi connectivity index (χ3v) is 7.00. The highest BCUT2D eigenvalue weighted by Gasteiger charge is 2.36. The average molecular weight is 531 g/mol. The quantitative estimate of drug-likeness (QED) is 0.141. The standard InChI is InChI=1S/C35H22N4O2/c1-35(2)31-19-23(33-17-13-27(40-33)9-5-7-25(21-36)38-3)11-15-29(31)30-16-12-24(20-32(30)35)34-18-14-28(41-34)10-6-8-26(22-37)39-4/h5-20H,1-2H3/b9-5+,10-6+,25-7-,26-8+. The lowest BCUT2D eigenvalue weighted by molar-refractivity contribution is 0.571. The molecule has 1 aliphatic rings. The number of nitriles is 2. The molecule has 0 amide bonds. The Morgan fingerprint density at radius 1 is 0.707 bits per heavy atom. The van der Waals surface area contributed by atoms with Gasteiger partial charge < -0.3 is 8.83 Å². The zero-order valence-electron chi connectivity index (χ0n) is 22.3. The van der Waals surface area contributed by atoms with E-state index in [9.17, 15) is 0 Å². The van der Waals surface area contributed by atoms with E-state index in [0.717, 1.165) is 22.6 Å². The summed E-state index contributed by atoms with van der Waals surface area (Å²) in [6.07, 6.45) is 9.64. The van der Waals surface area contributed by atoms with E-state index in [1.54, 1.807) is 24.3 Å². The molecule has 6 nitrogen and oxygen atoms in total. The smallest absolute Gasteiger partial charge is 0.261 e. The number of fused-ring (bicyclic) bond motifs is 3. The van der Waals surface area contributed by atoms with Crippen molar-refractivity contribution in [1.29, 1.82) is 10.5 Å². The van der Waals surface area contributed by atoms with Crippen molar-refractivity contribution in [3.05, 3.63) is 142 Å². The van der Waals surface area contributed by atoms with Crippen LogP contribution in [-0.4, -0.2) is 0 Å². The van der Waals surface area contributed by atoms with Crippen molar-refractivity contribution >= 4 is 12.2 Å². The molecule has 0 saturated carbocycles. The predicted octanol–water partition coefficient (Wildman–Crippen LogP) is 9.19. The van der Waals surface area contributed by atoms with E-state index in [2.05, 4.69) is 59.9 Å². The van der Waals surface area contributed by atoms with Crippen molar-refractivity contribution in [2.45, 2.75) is 19.3 Å². The molecule has 2 aromatic carbocycles. The van der Waals surface area contributed by atoms with Crippen LogP contribution in [0, 0.1) is 35.8 Å². The van der Waals surface area contributed by atoms with Gasteiger partial charge >= 0.3 is 0 Å². The number of allylic oxidation sites excluding steroid dienone is 6. The van der Waals surface area contributed by atoms with Crippen LogP contribution >= 0.6 is 0 Å². The van der Waals surface area contributed by atoms with Crippen LogP contribution in [0.3, 0.4) is 0 Å². The van der Waals surface area contributed by atoms with Gasteiger partial charge in [-0.1, -0.05) is 50.3 Å². The van der Waals surface area contributed by atoms with Crippen LogP contribution in [0.25, 0.3) is 55.6 Å². The normalized spacial score (nSPS) is 13.8. The first-order valence-electron chi connectivity index (χ1n) is 12.7. The van der Waals surface area contributed by atoms with Gasteiger partial charge in [-0.05, 0) is 83.0 Å². The molecule has 0 N–H and O–H groups in total. The van der Waals surface area contributed by atoms with Gasteiger partial charge in [-0.2, -0.15) is 0 Å². The van der Waals surface area contributed by atoms with Gasteiger partial charge in [0.2, 0.25) is 0 Å². The molecule has 0 unspecified atom stereocenters. The van der Waals surface area contributed by atoms with Gasteiger partial charge in [0.1, 0.15) is 23.0 Å². The lowest BCUT2D eigenvalue weighted by Gasteiger charge is -2.22. The van der Waals surface area contributed by atoms with E-state index >= 15 is 0 Å². The van der Waals surface area contributed by atoms with Gasteiger partial charge in [0.05, 0.1) is 25.3 Å². The van der Waals surface area contributed by atoms with Crippen LogP contribution in [0.2, 0.25) is 0 Å². The summed E-state index contributed by atoms with van der Waals surface area (Å²) in [6, 6.07) is 24.0. The minimum atomic E-state index is -0.252. The Morgan fingerprint density at radius 3 is 1.54 bits per heavy atom. The number of nitrogens with zero attached hydrogens (tertiary/aromatic N) is 4. The molecule has 0 radical (unpaired) electrons. The summed E-state index contributed by atoms with van der Waals surface area (Å²) in [5.41, 5.74) is 6.49. The Hall–Kier alpha value is -6.08. The predicted molar refractivity (Wildman–Crippen MR) is 158 cm³/mol. The number of benzene rings is 2. The van der Waals surface area contributed by atoms with Crippen LogP contribution in [0.4, 0.5) is 0 Å². The number of hydrogen-bond acceptors (Lipinski definition) is 4. The van der Waals surface area contributed by atoms with E-state index in [0.29, 0.717) is 11.5 Å². The molecule has 0 fully saturated rings. The Labute approximate surface area is 238 Å². The van der Waals surface area contributed by atoms with Crippen molar-refractivity contribution in [3.8, 4) is 45.9 Å². The van der Waals surface area contributed by atoms with Crippen LogP contribution in [0.15, 0.2) is 105 Å². The molecule has 5 rings (SSSR count). The average Bonchev–Trinajstić information content (AvgIpc) is 3.71. The fraction of sp³-hybridized carbons (Fsp3) is 0.0857. The number of hydrogen-bond donors (Lipinski definition) is 0. The Kier molecular flexibility index (Phi) is 7.09. The summed E-state index contributed by atoms with van der Waals surface area (Å²) in [5, 5.41) is 17.8. The van der Waals surface area contributed by atoms with E-state index < -0.39 is 0 Å². The maximum atomic E-state index is 8.88. The van der Waals surface area contributed by atoms with Gasteiger partial charge in [0.25, 0.3) is 11.4 Å². The van der Waals surface area contributed by atoms with Crippen molar-refractivity contribution in [3.63, 3.8) is 0 Å². The summed E-state index contributed by atoms with van der Waals surface area (Å²) >= 11 is 0. The first-order valence-corrected chi connectivity index (χ1v) is 12.7. The largest absolute Gasteiger partial charge is 0.457 e. The summed E-state index contributed by atoms with van der Waals surface area (Å²) in [5.74, 6) is 2.73.